The zero-order chi connectivity index (χ0) is 50.2. The Labute approximate surface area is 403 Å². The number of aromatic hydroxyl groups is 1. The average molecular weight is 951 g/mol. The summed E-state index contributed by atoms with van der Waals surface area (Å²) in [6.45, 7) is 2.21. The van der Waals surface area contributed by atoms with Gasteiger partial charge in [-0.2, -0.15) is 0 Å². The van der Waals surface area contributed by atoms with Crippen LogP contribution in [0.2, 0.25) is 0 Å². The molecular weight excluding hydrogens is 909 g/mol. The van der Waals surface area contributed by atoms with E-state index >= 15 is 0 Å². The third kappa shape index (κ3) is 9.00. The highest BCUT2D eigenvalue weighted by atomic mass is 16.4. The molecule has 5 aromatic carbocycles. The van der Waals surface area contributed by atoms with Crippen molar-refractivity contribution in [3.63, 3.8) is 0 Å². The number of carbonyl (C=O) groups excluding carboxylic acids is 2. The van der Waals surface area contributed by atoms with Gasteiger partial charge in [0.25, 0.3) is 11.8 Å². The minimum absolute atomic E-state index is 0.00929. The van der Waals surface area contributed by atoms with Gasteiger partial charge in [0, 0.05) is 95.2 Å². The van der Waals surface area contributed by atoms with Crippen molar-refractivity contribution in [2.24, 2.45) is 4.99 Å². The van der Waals surface area contributed by atoms with Crippen molar-refractivity contribution in [3.8, 4) is 50.7 Å². The molecule has 2 amide bonds. The molecule has 0 spiro atoms. The highest BCUT2D eigenvalue weighted by Crippen LogP contribution is 2.44. The molecule has 0 radical (unpaired) electrons. The van der Waals surface area contributed by atoms with E-state index in [1.54, 1.807) is 24.3 Å². The van der Waals surface area contributed by atoms with E-state index in [4.69, 9.17) is 8.83 Å². The van der Waals surface area contributed by atoms with E-state index in [0.29, 0.717) is 67.4 Å². The van der Waals surface area contributed by atoms with Crippen molar-refractivity contribution in [2.45, 2.75) is 20.0 Å². The van der Waals surface area contributed by atoms with Gasteiger partial charge in [-0.25, -0.2) is 14.4 Å². The lowest BCUT2D eigenvalue weighted by atomic mass is 9.88. The van der Waals surface area contributed by atoms with Crippen LogP contribution in [-0.2, 0) is 13.1 Å². The van der Waals surface area contributed by atoms with E-state index in [9.17, 15) is 49.2 Å². The Bertz CT molecular complexity index is 3740. The fraction of sp³-hybridized carbons (Fsp3) is 0.109. The van der Waals surface area contributed by atoms with Gasteiger partial charge in [-0.05, 0) is 109 Å². The van der Waals surface area contributed by atoms with Gasteiger partial charge < -0.3 is 44.8 Å². The Morgan fingerprint density at radius 2 is 1.15 bits per heavy atom. The number of amides is 2. The molecule has 0 fully saturated rings. The van der Waals surface area contributed by atoms with Crippen molar-refractivity contribution >= 4 is 57.3 Å². The number of carboxylic acids is 3. The fourth-order valence-corrected chi connectivity index (χ4v) is 8.64. The van der Waals surface area contributed by atoms with Crippen LogP contribution in [0.25, 0.3) is 66.8 Å². The van der Waals surface area contributed by atoms with Gasteiger partial charge in [0.1, 0.15) is 28.4 Å². The van der Waals surface area contributed by atoms with Crippen LogP contribution in [0.3, 0.4) is 0 Å². The Hall–Kier alpha value is -9.57. The van der Waals surface area contributed by atoms with Crippen LogP contribution in [-0.4, -0.2) is 70.8 Å². The number of phenolic OH excluding ortho intramolecular Hbond substituents is 1. The minimum Gasteiger partial charge on any atom is -0.508 e. The zero-order valence-corrected chi connectivity index (χ0v) is 38.2. The SMILES string of the molecule is CC/N=c1/ccc2c(-c3ccc(C(=O)NCc4ccc(C(=O)NCc5c6oc7cc(O)ccc7c(-c7ccc(C(=O)O)cc7C(=O)O)c-6ccc5=O)cc4)cc3C(=O)O)c3ccc(N(C)C)cc3oc-2c1. The number of carboxylic acid groups (broad SMARTS) is 3. The lowest BCUT2D eigenvalue weighted by Gasteiger charge is -2.19. The number of hydrogen-bond donors (Lipinski definition) is 6. The van der Waals surface area contributed by atoms with Gasteiger partial charge in [0.15, 0.2) is 5.43 Å². The summed E-state index contributed by atoms with van der Waals surface area (Å²) in [6.07, 6.45) is 0. The maximum absolute atomic E-state index is 13.6. The maximum atomic E-state index is 13.6. The number of phenols is 1. The van der Waals surface area contributed by atoms with Gasteiger partial charge in [0.2, 0.25) is 0 Å². The van der Waals surface area contributed by atoms with Crippen molar-refractivity contribution < 1.29 is 53.2 Å². The van der Waals surface area contributed by atoms with Gasteiger partial charge in [-0.3, -0.25) is 19.4 Å². The number of aromatic carboxylic acids is 3. The first-order chi connectivity index (χ1) is 34.1. The highest BCUT2D eigenvalue weighted by molar-refractivity contribution is 6.11. The summed E-state index contributed by atoms with van der Waals surface area (Å²) >= 11 is 0. The lowest BCUT2D eigenvalue weighted by molar-refractivity contribution is 0.0682. The average Bonchev–Trinajstić information content (AvgIpc) is 3.35. The molecule has 0 bridgehead atoms. The first-order valence-electron chi connectivity index (χ1n) is 22.1. The predicted molar refractivity (Wildman–Crippen MR) is 265 cm³/mol. The molecule has 16 heteroatoms. The maximum Gasteiger partial charge on any atom is 0.336 e. The molecule has 2 aliphatic carbocycles. The second-order valence-corrected chi connectivity index (χ2v) is 16.8. The van der Waals surface area contributed by atoms with Crippen molar-refractivity contribution in [1.29, 1.82) is 0 Å². The van der Waals surface area contributed by atoms with E-state index in [1.165, 1.54) is 60.7 Å². The van der Waals surface area contributed by atoms with Gasteiger partial charge in [-0.15, -0.1) is 0 Å². The molecule has 0 aromatic heterocycles. The van der Waals surface area contributed by atoms with Crippen molar-refractivity contribution in [1.82, 2.24) is 10.6 Å². The van der Waals surface area contributed by atoms with Crippen LogP contribution < -0.4 is 26.3 Å². The largest absolute Gasteiger partial charge is 0.508 e. The predicted octanol–water partition coefficient (Wildman–Crippen LogP) is 8.73. The standard InChI is InChI=1S/C55H42N4O12/c1-4-56-32-11-16-37-45(23-32)70-46-24-33(59(2)3)12-17-38(46)48(37)35-14-9-30(21-41(35)54(66)67)52(63)57-26-28-5-7-29(8-6-28)51(62)58-27-43-44(61)20-19-40-49(39-18-13-34(60)25-47(39)71-50(40)43)36-15-10-31(53(64)65)22-42(36)55(68)69/h5-25,60H,4,26-27H2,1-3H3,(H,57,63)(H,58,62)(H,64,65)(H,66,67)(H,68,69)/b56-32-. The van der Waals surface area contributed by atoms with Gasteiger partial charge in [-0.1, -0.05) is 24.3 Å². The third-order valence-corrected chi connectivity index (χ3v) is 12.1. The van der Waals surface area contributed by atoms with Crippen LogP contribution in [0.5, 0.6) is 5.75 Å². The number of carbonyl (C=O) groups is 5. The van der Waals surface area contributed by atoms with Crippen molar-refractivity contribution in [3.05, 3.63) is 182 Å². The summed E-state index contributed by atoms with van der Waals surface area (Å²) in [4.78, 5) is 84.0. The van der Waals surface area contributed by atoms with Crippen LogP contribution in [0, 0.1) is 0 Å². The van der Waals surface area contributed by atoms with Crippen LogP contribution in [0.1, 0.15) is 69.8 Å². The molecule has 6 N–H and O–H groups in total. The molecule has 16 nitrogen and oxygen atoms in total. The monoisotopic (exact) mass is 950 g/mol. The number of nitrogens with one attached hydrogen (secondary N) is 2. The molecule has 4 aliphatic rings. The summed E-state index contributed by atoms with van der Waals surface area (Å²) in [7, 11) is 3.82. The zero-order valence-electron chi connectivity index (χ0n) is 38.2. The molecule has 0 unspecified atom stereocenters. The molecule has 354 valence electrons. The summed E-state index contributed by atoms with van der Waals surface area (Å²) in [5, 5.41) is 47.9. The molecule has 2 heterocycles. The Kier molecular flexibility index (Phi) is 12.4. The molecule has 0 atom stereocenters. The number of nitrogens with zero attached hydrogens (tertiary/aromatic N) is 2. The lowest BCUT2D eigenvalue weighted by Crippen LogP contribution is -2.27. The first kappa shape index (κ1) is 46.5. The van der Waals surface area contributed by atoms with Gasteiger partial charge in [0.05, 0.1) is 34.2 Å². The summed E-state index contributed by atoms with van der Waals surface area (Å²) in [5.74, 6) is -4.69. The number of benzene rings is 7. The smallest absolute Gasteiger partial charge is 0.336 e. The number of fused-ring (bicyclic) bond motifs is 4. The van der Waals surface area contributed by atoms with E-state index < -0.39 is 35.2 Å². The summed E-state index contributed by atoms with van der Waals surface area (Å²) < 4.78 is 12.5. The molecule has 9 rings (SSSR count). The molecule has 2 aliphatic heterocycles. The molecule has 71 heavy (non-hydrogen) atoms. The van der Waals surface area contributed by atoms with Crippen LogP contribution in [0.4, 0.5) is 5.69 Å². The Morgan fingerprint density at radius 3 is 1.82 bits per heavy atom. The number of anilines is 1. The van der Waals surface area contributed by atoms with Gasteiger partial charge >= 0.3 is 17.9 Å². The first-order valence-corrected chi connectivity index (χ1v) is 22.1. The number of rotatable bonds is 13. The Morgan fingerprint density at radius 1 is 0.577 bits per heavy atom. The van der Waals surface area contributed by atoms with E-state index in [-0.39, 0.29) is 69.1 Å². The molecule has 0 saturated heterocycles. The normalized spacial score (nSPS) is 11.6. The molecular formula is C55H42N4O12. The minimum atomic E-state index is -1.40. The summed E-state index contributed by atoms with van der Waals surface area (Å²) in [6, 6.07) is 32.6. The third-order valence-electron chi connectivity index (χ3n) is 12.1. The van der Waals surface area contributed by atoms with Crippen molar-refractivity contribution in [2.75, 3.05) is 25.5 Å². The second kappa shape index (κ2) is 18.8. The second-order valence-electron chi connectivity index (χ2n) is 16.8. The highest BCUT2D eigenvalue weighted by Gasteiger charge is 2.27. The number of hydrogen-bond acceptors (Lipinski definition) is 11. The quantitative estimate of drug-likeness (QED) is 0.0593. The summed E-state index contributed by atoms with van der Waals surface area (Å²) in [5.41, 5.74) is 3.76. The molecule has 0 saturated carbocycles. The topological polar surface area (TPSA) is 249 Å². The molecule has 5 aromatic rings. The fourth-order valence-electron chi connectivity index (χ4n) is 8.64. The van der Waals surface area contributed by atoms with E-state index in [1.807, 2.05) is 62.3 Å². The van der Waals surface area contributed by atoms with E-state index in [2.05, 4.69) is 15.6 Å². The van der Waals surface area contributed by atoms with E-state index in [0.717, 1.165) is 11.8 Å². The Balaban J connectivity index is 0.938. The van der Waals surface area contributed by atoms with Crippen LogP contribution in [0.15, 0.2) is 146 Å². The van der Waals surface area contributed by atoms with Crippen LogP contribution >= 0.6 is 0 Å².